The largest absolute Gasteiger partial charge is 0.472 e. The van der Waals surface area contributed by atoms with Crippen LogP contribution in [0.2, 0.25) is 0 Å². The van der Waals surface area contributed by atoms with Crippen LogP contribution in [0.3, 0.4) is 0 Å². The predicted molar refractivity (Wildman–Crippen MR) is 409 cm³/mol. The van der Waals surface area contributed by atoms with Crippen molar-refractivity contribution < 1.29 is 80.2 Å². The molecule has 100 heavy (non-hydrogen) atoms. The van der Waals surface area contributed by atoms with Gasteiger partial charge in [0.15, 0.2) is 12.2 Å². The average molecular weight is 1470 g/mol. The lowest BCUT2D eigenvalue weighted by molar-refractivity contribution is -0.161. The van der Waals surface area contributed by atoms with Gasteiger partial charge in [-0.2, -0.15) is 0 Å². The van der Waals surface area contributed by atoms with Gasteiger partial charge >= 0.3 is 39.5 Å². The number of carbonyl (C=O) groups is 4. The highest BCUT2D eigenvalue weighted by Gasteiger charge is 2.30. The van der Waals surface area contributed by atoms with E-state index in [0.29, 0.717) is 25.7 Å². The van der Waals surface area contributed by atoms with Crippen molar-refractivity contribution in [1.82, 2.24) is 0 Å². The van der Waals surface area contributed by atoms with E-state index in [9.17, 15) is 43.2 Å². The first-order chi connectivity index (χ1) is 48.4. The number of phosphoric ester groups is 2. The Morgan fingerprint density at radius 1 is 0.270 bits per heavy atom. The van der Waals surface area contributed by atoms with E-state index in [1.807, 2.05) is 0 Å². The normalized spacial score (nSPS) is 13.9. The van der Waals surface area contributed by atoms with Crippen LogP contribution in [0.25, 0.3) is 0 Å². The maximum Gasteiger partial charge on any atom is 0.472 e. The minimum atomic E-state index is -4.96. The molecule has 0 fully saturated rings. The van der Waals surface area contributed by atoms with Gasteiger partial charge in [-0.1, -0.05) is 375 Å². The number of hydrogen-bond donors (Lipinski definition) is 3. The molecule has 17 nitrogen and oxygen atoms in total. The minimum absolute atomic E-state index is 0.106. The molecule has 0 saturated heterocycles. The number of ether oxygens (including phenoxy) is 4. The first kappa shape index (κ1) is 98.1. The van der Waals surface area contributed by atoms with Crippen LogP contribution < -0.4 is 0 Å². The summed E-state index contributed by atoms with van der Waals surface area (Å²) in [5, 5.41) is 10.6. The van der Waals surface area contributed by atoms with Crippen LogP contribution in [-0.4, -0.2) is 96.7 Å². The molecule has 0 aromatic heterocycles. The van der Waals surface area contributed by atoms with Crippen LogP contribution in [0.15, 0.2) is 0 Å². The van der Waals surface area contributed by atoms with Gasteiger partial charge in [0.2, 0.25) is 0 Å². The van der Waals surface area contributed by atoms with Gasteiger partial charge in [-0.15, -0.1) is 0 Å². The maximum absolute atomic E-state index is 13.1. The van der Waals surface area contributed by atoms with E-state index in [1.54, 1.807) is 0 Å². The van der Waals surface area contributed by atoms with Crippen LogP contribution in [0, 0.1) is 11.8 Å². The minimum Gasteiger partial charge on any atom is -0.462 e. The summed E-state index contributed by atoms with van der Waals surface area (Å²) < 4.78 is 68.5. The number of unbranched alkanes of at least 4 members (excludes halogenated alkanes) is 50. The monoisotopic (exact) mass is 1470 g/mol. The Labute approximate surface area is 613 Å². The molecule has 0 spiro atoms. The number of aliphatic hydroxyl groups excluding tert-OH is 1. The smallest absolute Gasteiger partial charge is 0.462 e. The Kier molecular flexibility index (Phi) is 71.2. The highest BCUT2D eigenvalue weighted by Crippen LogP contribution is 2.45. The fourth-order valence-electron chi connectivity index (χ4n) is 12.5. The summed E-state index contributed by atoms with van der Waals surface area (Å²) >= 11 is 0. The van der Waals surface area contributed by atoms with E-state index < -0.39 is 97.5 Å². The van der Waals surface area contributed by atoms with Gasteiger partial charge in [0.05, 0.1) is 26.4 Å². The molecule has 0 amide bonds. The van der Waals surface area contributed by atoms with Gasteiger partial charge in [0.1, 0.15) is 19.3 Å². The number of aliphatic hydroxyl groups is 1. The van der Waals surface area contributed by atoms with Crippen molar-refractivity contribution in [3.8, 4) is 0 Å². The molecule has 0 aliphatic carbocycles. The van der Waals surface area contributed by atoms with Crippen molar-refractivity contribution >= 4 is 39.5 Å². The number of rotatable bonds is 80. The molecule has 0 aromatic rings. The molecule has 0 aliphatic heterocycles. The summed E-state index contributed by atoms with van der Waals surface area (Å²) in [5.41, 5.74) is 0. The Hall–Kier alpha value is -1.94. The third-order valence-corrected chi connectivity index (χ3v) is 20.9. The van der Waals surface area contributed by atoms with Gasteiger partial charge in [-0.25, -0.2) is 9.13 Å². The van der Waals surface area contributed by atoms with Crippen molar-refractivity contribution in [3.05, 3.63) is 0 Å². The van der Waals surface area contributed by atoms with E-state index in [2.05, 4.69) is 41.5 Å². The molecule has 0 heterocycles. The number of phosphoric acid groups is 2. The Morgan fingerprint density at radius 2 is 0.460 bits per heavy atom. The zero-order valence-corrected chi connectivity index (χ0v) is 67.3. The van der Waals surface area contributed by atoms with E-state index in [4.69, 9.17) is 37.0 Å². The fourth-order valence-corrected chi connectivity index (χ4v) is 14.1. The number of hydrogen-bond acceptors (Lipinski definition) is 15. The van der Waals surface area contributed by atoms with Gasteiger partial charge in [0.25, 0.3) is 0 Å². The number of carbonyl (C=O) groups excluding carboxylic acids is 4. The Morgan fingerprint density at radius 3 is 0.680 bits per heavy atom. The third-order valence-electron chi connectivity index (χ3n) is 19.0. The quantitative estimate of drug-likeness (QED) is 0.0222. The lowest BCUT2D eigenvalue weighted by atomic mass is 10.0. The molecule has 3 N–H and O–H groups in total. The lowest BCUT2D eigenvalue weighted by Crippen LogP contribution is -2.30. The molecule has 0 saturated carbocycles. The van der Waals surface area contributed by atoms with Crippen LogP contribution in [-0.2, 0) is 65.4 Å². The second-order valence-corrected chi connectivity index (χ2v) is 33.0. The van der Waals surface area contributed by atoms with Crippen molar-refractivity contribution in [2.45, 2.75) is 445 Å². The molecule has 2 unspecified atom stereocenters. The summed E-state index contributed by atoms with van der Waals surface area (Å²) in [6, 6.07) is 0. The zero-order valence-electron chi connectivity index (χ0n) is 65.5. The topological polar surface area (TPSA) is 237 Å². The van der Waals surface area contributed by atoms with Gasteiger partial charge in [-0.3, -0.25) is 37.3 Å². The fraction of sp³-hybridized carbons (Fsp3) is 0.951. The van der Waals surface area contributed by atoms with Gasteiger partial charge in [0, 0.05) is 25.7 Å². The molecule has 0 aromatic carbocycles. The van der Waals surface area contributed by atoms with Crippen molar-refractivity contribution in [3.63, 3.8) is 0 Å². The van der Waals surface area contributed by atoms with Crippen molar-refractivity contribution in [2.75, 3.05) is 39.6 Å². The van der Waals surface area contributed by atoms with Crippen molar-refractivity contribution in [1.29, 1.82) is 0 Å². The van der Waals surface area contributed by atoms with Crippen LogP contribution in [0.1, 0.15) is 427 Å². The summed E-state index contributed by atoms with van der Waals surface area (Å²) in [4.78, 5) is 72.7. The van der Waals surface area contributed by atoms with Crippen LogP contribution >= 0.6 is 15.6 Å². The highest BCUT2D eigenvalue weighted by atomic mass is 31.2. The first-order valence-corrected chi connectivity index (χ1v) is 45.0. The van der Waals surface area contributed by atoms with E-state index in [1.165, 1.54) is 238 Å². The lowest BCUT2D eigenvalue weighted by Gasteiger charge is -2.21. The number of esters is 4. The molecule has 594 valence electrons. The Balaban J connectivity index is 5.12. The summed E-state index contributed by atoms with van der Waals surface area (Å²) in [6.45, 7) is 9.59. The van der Waals surface area contributed by atoms with E-state index in [-0.39, 0.29) is 25.7 Å². The second-order valence-electron chi connectivity index (χ2n) is 30.1. The van der Waals surface area contributed by atoms with Crippen molar-refractivity contribution in [2.24, 2.45) is 11.8 Å². The van der Waals surface area contributed by atoms with Crippen LogP contribution in [0.5, 0.6) is 0 Å². The predicted octanol–water partition coefficient (Wildman–Crippen LogP) is 24.3. The third kappa shape index (κ3) is 74.3. The van der Waals surface area contributed by atoms with Gasteiger partial charge in [-0.05, 0) is 37.5 Å². The van der Waals surface area contributed by atoms with E-state index >= 15 is 0 Å². The maximum atomic E-state index is 13.1. The Bertz CT molecular complexity index is 1920. The highest BCUT2D eigenvalue weighted by molar-refractivity contribution is 7.47. The molecule has 0 bridgehead atoms. The molecule has 0 rings (SSSR count). The van der Waals surface area contributed by atoms with Gasteiger partial charge < -0.3 is 33.8 Å². The van der Waals surface area contributed by atoms with E-state index in [0.717, 1.165) is 108 Å². The summed E-state index contributed by atoms with van der Waals surface area (Å²) in [6.07, 6.45) is 63.0. The molecule has 0 radical (unpaired) electrons. The standard InChI is InChI=1S/C81H158O17P2/c1-7-9-11-13-14-15-16-17-18-19-20-21-22-23-26-32-37-42-47-53-59-66-81(86)98-77(70-92-79(84)64-58-52-46-41-36-31-27-24-25-29-34-39-44-50-55-61-73(3)4)72-96-100(89,90)94-68-75(82)67-93-99(87,88)95-71-76(69-91-78(83)63-57-49-12-10-8-2)97-80(85)65-60-54-48-43-38-33-28-30-35-40-45-51-56-62-74(5)6/h73-77,82H,7-72H2,1-6H3,(H,87,88)(H,89,90)/t75-,76+,77+/m0/s1. The van der Waals surface area contributed by atoms with Crippen LogP contribution in [0.4, 0.5) is 0 Å². The summed E-state index contributed by atoms with van der Waals surface area (Å²) in [5.74, 6) is -0.528. The summed E-state index contributed by atoms with van der Waals surface area (Å²) in [7, 11) is -9.91. The molecular formula is C81H158O17P2. The molecule has 19 heteroatoms. The SMILES string of the molecule is CCCCCCCCCCCCCCCCCCCCCCCC(=O)O[C@H](COC(=O)CCCCCCCCCCCCCCCCCC(C)C)COP(=O)(O)OC[C@@H](O)COP(=O)(O)OC[C@@H](COC(=O)CCCCCCC)OC(=O)CCCCCCCCCCCCCCCC(C)C. The average Bonchev–Trinajstić information content (AvgIpc) is 0.926. The first-order valence-electron chi connectivity index (χ1n) is 42.0. The second kappa shape index (κ2) is 72.6. The zero-order chi connectivity index (χ0) is 73.5. The molecular weight excluding hydrogens is 1310 g/mol. The molecule has 5 atom stereocenters. The molecule has 0 aliphatic rings.